The predicted octanol–water partition coefficient (Wildman–Crippen LogP) is 3.58. The molecule has 0 aromatic heterocycles. The first-order valence-electron chi connectivity index (χ1n) is 8.79. The molecule has 0 radical (unpaired) electrons. The molecule has 2 rings (SSSR count). The summed E-state index contributed by atoms with van der Waals surface area (Å²) in [5, 5.41) is 19.3. The molecule has 4 unspecified atom stereocenters. The van der Waals surface area contributed by atoms with Gasteiger partial charge in [0.25, 0.3) is 0 Å². The Hall–Kier alpha value is -0.590. The van der Waals surface area contributed by atoms with Crippen molar-refractivity contribution in [1.82, 2.24) is 4.90 Å². The quantitative estimate of drug-likeness (QED) is 0.861. The van der Waals surface area contributed by atoms with Gasteiger partial charge in [-0.3, -0.25) is 4.90 Å². The highest BCUT2D eigenvalue weighted by atomic mass is 16.3. The lowest BCUT2D eigenvalue weighted by molar-refractivity contribution is -0.00542. The minimum Gasteiger partial charge on any atom is -0.395 e. The highest BCUT2D eigenvalue weighted by Gasteiger charge is 2.41. The second-order valence-corrected chi connectivity index (χ2v) is 7.73. The predicted molar refractivity (Wildman–Crippen MR) is 85.7 cm³/mol. The molecular weight excluding hydrogens is 260 g/mol. The van der Waals surface area contributed by atoms with E-state index in [0.717, 1.165) is 25.8 Å². The average Bonchev–Trinajstić information content (AvgIpc) is 2.54. The summed E-state index contributed by atoms with van der Waals surface area (Å²) >= 11 is 0. The number of likely N-dealkylation sites (tertiary alicyclic amines) is 1. The van der Waals surface area contributed by atoms with Gasteiger partial charge in [-0.2, -0.15) is 5.26 Å². The van der Waals surface area contributed by atoms with Crippen molar-refractivity contribution in [2.45, 2.75) is 77.8 Å². The van der Waals surface area contributed by atoms with Crippen LogP contribution in [0.15, 0.2) is 0 Å². The number of nitrogens with zero attached hydrogens (tertiary/aromatic N) is 2. The normalized spacial score (nSPS) is 35.4. The molecule has 1 saturated heterocycles. The van der Waals surface area contributed by atoms with Gasteiger partial charge in [-0.15, -0.1) is 0 Å². The van der Waals surface area contributed by atoms with Crippen molar-refractivity contribution in [2.24, 2.45) is 17.3 Å². The molecular formula is C18H32N2O. The van der Waals surface area contributed by atoms with Crippen LogP contribution in [0.4, 0.5) is 0 Å². The molecule has 21 heavy (non-hydrogen) atoms. The second-order valence-electron chi connectivity index (χ2n) is 7.73. The molecule has 1 N–H and O–H groups in total. The molecule has 2 fully saturated rings. The molecule has 4 atom stereocenters. The van der Waals surface area contributed by atoms with Crippen LogP contribution in [0, 0.1) is 28.6 Å². The summed E-state index contributed by atoms with van der Waals surface area (Å²) in [6.07, 6.45) is 8.08. The Morgan fingerprint density at radius 1 is 1.24 bits per heavy atom. The number of hydrogen-bond donors (Lipinski definition) is 1. The minimum atomic E-state index is 0.154. The average molecular weight is 292 g/mol. The lowest BCUT2D eigenvalue weighted by Gasteiger charge is -2.48. The lowest BCUT2D eigenvalue weighted by atomic mass is 9.65. The van der Waals surface area contributed by atoms with E-state index in [-0.39, 0.29) is 18.6 Å². The van der Waals surface area contributed by atoms with Crippen LogP contribution >= 0.6 is 0 Å². The number of nitriles is 1. The molecule has 0 aromatic rings. The monoisotopic (exact) mass is 292 g/mol. The zero-order valence-electron chi connectivity index (χ0n) is 14.0. The Bertz CT molecular complexity index is 374. The molecule has 2 aliphatic rings. The van der Waals surface area contributed by atoms with Gasteiger partial charge in [0.15, 0.2) is 0 Å². The van der Waals surface area contributed by atoms with Crippen molar-refractivity contribution in [3.63, 3.8) is 0 Å². The molecule has 120 valence electrons. The highest BCUT2D eigenvalue weighted by molar-refractivity contribution is 5.01. The molecule has 1 aliphatic carbocycles. The van der Waals surface area contributed by atoms with Crippen molar-refractivity contribution in [2.75, 3.05) is 13.2 Å². The number of rotatable bonds is 4. The van der Waals surface area contributed by atoms with E-state index in [0.29, 0.717) is 17.4 Å². The van der Waals surface area contributed by atoms with Crippen molar-refractivity contribution in [3.05, 3.63) is 0 Å². The van der Waals surface area contributed by atoms with E-state index in [4.69, 9.17) is 0 Å². The van der Waals surface area contributed by atoms with Crippen LogP contribution in [0.5, 0.6) is 0 Å². The van der Waals surface area contributed by atoms with Crippen LogP contribution in [0.2, 0.25) is 0 Å². The van der Waals surface area contributed by atoms with Crippen LogP contribution < -0.4 is 0 Å². The Kier molecular flexibility index (Phi) is 5.68. The fraction of sp³-hybridized carbons (Fsp3) is 0.944. The molecule has 0 spiro atoms. The molecule has 3 heteroatoms. The lowest BCUT2D eigenvalue weighted by Crippen LogP contribution is -2.53. The van der Waals surface area contributed by atoms with Crippen LogP contribution in [-0.2, 0) is 0 Å². The van der Waals surface area contributed by atoms with Gasteiger partial charge in [0, 0.05) is 12.1 Å². The van der Waals surface area contributed by atoms with Gasteiger partial charge in [-0.05, 0) is 50.0 Å². The van der Waals surface area contributed by atoms with Crippen LogP contribution in [-0.4, -0.2) is 35.2 Å². The third-order valence-electron chi connectivity index (χ3n) is 6.31. The summed E-state index contributed by atoms with van der Waals surface area (Å²) in [7, 11) is 0. The summed E-state index contributed by atoms with van der Waals surface area (Å²) in [5.74, 6) is 0.861. The molecule has 0 bridgehead atoms. The summed E-state index contributed by atoms with van der Waals surface area (Å²) < 4.78 is 0. The fourth-order valence-electron chi connectivity index (χ4n) is 4.32. The third-order valence-corrected chi connectivity index (χ3v) is 6.31. The maximum Gasteiger partial charge on any atom is 0.0672 e. The van der Waals surface area contributed by atoms with E-state index in [9.17, 15) is 10.4 Å². The standard InChI is InChI=1S/C18H32N2O/c1-4-18(2,3)15-9-8-14(12-19)17(11-15)20-10-6-5-7-16(20)13-21/h14-17,21H,4-11,13H2,1-3H3. The van der Waals surface area contributed by atoms with Crippen molar-refractivity contribution in [3.8, 4) is 6.07 Å². The van der Waals surface area contributed by atoms with E-state index in [2.05, 4.69) is 31.7 Å². The number of aliphatic hydroxyl groups is 1. The van der Waals surface area contributed by atoms with Crippen LogP contribution in [0.1, 0.15) is 65.7 Å². The van der Waals surface area contributed by atoms with Crippen molar-refractivity contribution < 1.29 is 5.11 Å². The Labute approximate surface area is 130 Å². The van der Waals surface area contributed by atoms with Gasteiger partial charge < -0.3 is 5.11 Å². The molecule has 0 amide bonds. The third kappa shape index (κ3) is 3.60. The first-order chi connectivity index (χ1) is 10.0. The summed E-state index contributed by atoms with van der Waals surface area (Å²) in [5.41, 5.74) is 0.364. The van der Waals surface area contributed by atoms with Gasteiger partial charge in [0.1, 0.15) is 0 Å². The maximum absolute atomic E-state index is 9.70. The highest BCUT2D eigenvalue weighted by Crippen LogP contribution is 2.44. The van der Waals surface area contributed by atoms with Crippen molar-refractivity contribution >= 4 is 0 Å². The smallest absolute Gasteiger partial charge is 0.0672 e. The topological polar surface area (TPSA) is 47.3 Å². The zero-order valence-corrected chi connectivity index (χ0v) is 14.0. The van der Waals surface area contributed by atoms with Gasteiger partial charge in [-0.25, -0.2) is 0 Å². The van der Waals surface area contributed by atoms with E-state index in [1.54, 1.807) is 0 Å². The molecule has 0 aromatic carbocycles. The number of hydrogen-bond acceptors (Lipinski definition) is 3. The second kappa shape index (κ2) is 7.11. The maximum atomic E-state index is 9.70. The first-order valence-corrected chi connectivity index (χ1v) is 8.79. The van der Waals surface area contributed by atoms with Gasteiger partial charge in [0.2, 0.25) is 0 Å². The van der Waals surface area contributed by atoms with E-state index in [1.165, 1.54) is 25.7 Å². The van der Waals surface area contributed by atoms with E-state index in [1.807, 2.05) is 0 Å². The van der Waals surface area contributed by atoms with Gasteiger partial charge in [-0.1, -0.05) is 33.6 Å². The van der Waals surface area contributed by atoms with Gasteiger partial charge in [0.05, 0.1) is 18.6 Å². The Morgan fingerprint density at radius 2 is 2.00 bits per heavy atom. The molecule has 1 heterocycles. The Balaban J connectivity index is 2.14. The summed E-state index contributed by atoms with van der Waals surface area (Å²) in [6.45, 7) is 8.34. The summed E-state index contributed by atoms with van der Waals surface area (Å²) in [6, 6.07) is 3.20. The van der Waals surface area contributed by atoms with Gasteiger partial charge >= 0.3 is 0 Å². The number of aliphatic hydroxyl groups excluding tert-OH is 1. The SMILES string of the molecule is CCC(C)(C)C1CCC(C#N)C(N2CCCCC2CO)C1. The van der Waals surface area contributed by atoms with E-state index < -0.39 is 0 Å². The molecule has 1 aliphatic heterocycles. The zero-order chi connectivity index (χ0) is 15.5. The largest absolute Gasteiger partial charge is 0.395 e. The number of piperidine rings is 1. The Morgan fingerprint density at radius 3 is 2.62 bits per heavy atom. The molecule has 3 nitrogen and oxygen atoms in total. The minimum absolute atomic E-state index is 0.154. The fourth-order valence-corrected chi connectivity index (χ4v) is 4.32. The van der Waals surface area contributed by atoms with Crippen molar-refractivity contribution in [1.29, 1.82) is 5.26 Å². The van der Waals surface area contributed by atoms with E-state index >= 15 is 0 Å². The first kappa shape index (κ1) is 16.8. The summed E-state index contributed by atoms with van der Waals surface area (Å²) in [4.78, 5) is 2.48. The van der Waals surface area contributed by atoms with Crippen LogP contribution in [0.3, 0.4) is 0 Å². The van der Waals surface area contributed by atoms with Crippen LogP contribution in [0.25, 0.3) is 0 Å². The molecule has 1 saturated carbocycles.